The van der Waals surface area contributed by atoms with Crippen LogP contribution in [0.5, 0.6) is 0 Å². The summed E-state index contributed by atoms with van der Waals surface area (Å²) in [5.74, 6) is 0. The zero-order valence-corrected chi connectivity index (χ0v) is 9.62. The molecule has 0 atom stereocenters. The van der Waals surface area contributed by atoms with Crippen molar-refractivity contribution in [1.29, 1.82) is 0 Å². The normalized spacial score (nSPS) is 10.6. The van der Waals surface area contributed by atoms with Crippen LogP contribution in [0.1, 0.15) is 12.5 Å². The van der Waals surface area contributed by atoms with Crippen LogP contribution in [-0.4, -0.2) is 9.78 Å². The Morgan fingerprint density at radius 2 is 2.13 bits per heavy atom. The van der Waals surface area contributed by atoms with Gasteiger partial charge in [0, 0.05) is 18.3 Å². The van der Waals surface area contributed by atoms with E-state index in [0.717, 1.165) is 28.4 Å². The fourth-order valence-electron chi connectivity index (χ4n) is 1.63. The molecular formula is C12H13ClN2. The van der Waals surface area contributed by atoms with E-state index in [1.807, 2.05) is 42.1 Å². The smallest absolute Gasteiger partial charge is 0.0940 e. The zero-order valence-electron chi connectivity index (χ0n) is 8.87. The van der Waals surface area contributed by atoms with Gasteiger partial charge in [-0.15, -0.1) is 0 Å². The number of aromatic nitrogens is 2. The summed E-state index contributed by atoms with van der Waals surface area (Å²) in [6, 6.07) is 7.90. The third-order valence-corrected chi connectivity index (χ3v) is 2.76. The van der Waals surface area contributed by atoms with E-state index in [1.54, 1.807) is 0 Å². The Kier molecular flexibility index (Phi) is 2.78. The molecule has 0 bridgehead atoms. The Hall–Kier alpha value is -1.28. The van der Waals surface area contributed by atoms with Crippen LogP contribution in [0.4, 0.5) is 0 Å². The van der Waals surface area contributed by atoms with Crippen molar-refractivity contribution in [3.63, 3.8) is 0 Å². The molecule has 0 aliphatic heterocycles. The number of benzene rings is 1. The van der Waals surface area contributed by atoms with Crippen molar-refractivity contribution in [2.45, 2.75) is 20.4 Å². The maximum atomic E-state index is 6.17. The SMILES string of the molecule is CCn1ccc(-c2c(C)cccc2Cl)n1. The monoisotopic (exact) mass is 220 g/mol. The predicted molar refractivity (Wildman–Crippen MR) is 63.1 cm³/mol. The molecule has 1 heterocycles. The van der Waals surface area contributed by atoms with Gasteiger partial charge >= 0.3 is 0 Å². The van der Waals surface area contributed by atoms with Crippen LogP contribution in [0.25, 0.3) is 11.3 Å². The lowest BCUT2D eigenvalue weighted by molar-refractivity contribution is 0.662. The van der Waals surface area contributed by atoms with Gasteiger partial charge in [-0.3, -0.25) is 4.68 Å². The number of nitrogens with zero attached hydrogens (tertiary/aromatic N) is 2. The molecular weight excluding hydrogens is 208 g/mol. The van der Waals surface area contributed by atoms with E-state index in [-0.39, 0.29) is 0 Å². The first-order valence-corrected chi connectivity index (χ1v) is 5.39. The number of halogens is 1. The van der Waals surface area contributed by atoms with Gasteiger partial charge in [0.05, 0.1) is 10.7 Å². The molecule has 15 heavy (non-hydrogen) atoms. The molecule has 0 spiro atoms. The summed E-state index contributed by atoms with van der Waals surface area (Å²) in [5, 5.41) is 5.21. The average Bonchev–Trinajstić information content (AvgIpc) is 2.66. The molecule has 0 unspecified atom stereocenters. The van der Waals surface area contributed by atoms with Crippen molar-refractivity contribution in [2.75, 3.05) is 0 Å². The lowest BCUT2D eigenvalue weighted by Crippen LogP contribution is -1.94. The van der Waals surface area contributed by atoms with Gasteiger partial charge < -0.3 is 0 Å². The number of hydrogen-bond donors (Lipinski definition) is 0. The zero-order chi connectivity index (χ0) is 10.8. The van der Waals surface area contributed by atoms with E-state index in [1.165, 1.54) is 0 Å². The Morgan fingerprint density at radius 1 is 1.33 bits per heavy atom. The lowest BCUT2D eigenvalue weighted by atomic mass is 10.1. The van der Waals surface area contributed by atoms with E-state index in [4.69, 9.17) is 11.6 Å². The van der Waals surface area contributed by atoms with Crippen LogP contribution in [0.2, 0.25) is 5.02 Å². The molecule has 0 radical (unpaired) electrons. The summed E-state index contributed by atoms with van der Waals surface area (Å²) in [6.07, 6.45) is 1.97. The predicted octanol–water partition coefficient (Wildman–Crippen LogP) is 3.53. The molecule has 78 valence electrons. The molecule has 2 nitrogen and oxygen atoms in total. The Morgan fingerprint density at radius 3 is 2.73 bits per heavy atom. The summed E-state index contributed by atoms with van der Waals surface area (Å²) < 4.78 is 1.90. The van der Waals surface area contributed by atoms with Crippen molar-refractivity contribution in [2.24, 2.45) is 0 Å². The van der Waals surface area contributed by atoms with Crippen LogP contribution >= 0.6 is 11.6 Å². The minimum atomic E-state index is 0.761. The first kappa shape index (κ1) is 10.2. The molecule has 2 rings (SSSR count). The Balaban J connectivity index is 2.53. The van der Waals surface area contributed by atoms with Gasteiger partial charge in [-0.1, -0.05) is 23.7 Å². The Labute approximate surface area is 94.5 Å². The van der Waals surface area contributed by atoms with Crippen molar-refractivity contribution in [3.8, 4) is 11.3 Å². The highest BCUT2D eigenvalue weighted by molar-refractivity contribution is 6.33. The molecule has 2 aromatic rings. The number of rotatable bonds is 2. The second kappa shape index (κ2) is 4.07. The van der Waals surface area contributed by atoms with E-state index in [2.05, 4.69) is 12.0 Å². The molecule has 0 fully saturated rings. The van der Waals surface area contributed by atoms with Gasteiger partial charge in [0.2, 0.25) is 0 Å². The largest absolute Gasteiger partial charge is 0.272 e. The first-order chi connectivity index (χ1) is 7.22. The van der Waals surface area contributed by atoms with Crippen molar-refractivity contribution >= 4 is 11.6 Å². The molecule has 0 aliphatic rings. The summed E-state index contributed by atoms with van der Waals surface area (Å²) in [4.78, 5) is 0. The Bertz CT molecular complexity index is 454. The average molecular weight is 221 g/mol. The highest BCUT2D eigenvalue weighted by Crippen LogP contribution is 2.29. The van der Waals surface area contributed by atoms with Crippen LogP contribution in [0.3, 0.4) is 0 Å². The molecule has 0 N–H and O–H groups in total. The maximum absolute atomic E-state index is 6.17. The second-order valence-electron chi connectivity index (χ2n) is 3.49. The quantitative estimate of drug-likeness (QED) is 0.757. The number of hydrogen-bond acceptors (Lipinski definition) is 1. The maximum Gasteiger partial charge on any atom is 0.0940 e. The molecule has 0 saturated carbocycles. The van der Waals surface area contributed by atoms with E-state index < -0.39 is 0 Å². The second-order valence-corrected chi connectivity index (χ2v) is 3.90. The third kappa shape index (κ3) is 1.90. The van der Waals surface area contributed by atoms with Crippen LogP contribution < -0.4 is 0 Å². The standard InChI is InChI=1S/C12H13ClN2/c1-3-15-8-7-11(14-15)12-9(2)5-4-6-10(12)13/h4-8H,3H2,1-2H3. The van der Waals surface area contributed by atoms with Crippen molar-refractivity contribution < 1.29 is 0 Å². The fraction of sp³-hybridized carbons (Fsp3) is 0.250. The third-order valence-electron chi connectivity index (χ3n) is 2.44. The molecule has 3 heteroatoms. The van der Waals surface area contributed by atoms with E-state index in [0.29, 0.717) is 0 Å². The molecule has 1 aromatic carbocycles. The van der Waals surface area contributed by atoms with Crippen molar-refractivity contribution in [3.05, 3.63) is 41.0 Å². The van der Waals surface area contributed by atoms with Gasteiger partial charge in [0.1, 0.15) is 0 Å². The van der Waals surface area contributed by atoms with E-state index in [9.17, 15) is 0 Å². The summed E-state index contributed by atoms with van der Waals surface area (Å²) in [7, 11) is 0. The molecule has 0 amide bonds. The molecule has 1 aromatic heterocycles. The van der Waals surface area contributed by atoms with Gasteiger partial charge in [-0.25, -0.2) is 0 Å². The molecule has 0 saturated heterocycles. The van der Waals surface area contributed by atoms with Crippen LogP contribution in [0.15, 0.2) is 30.5 Å². The molecule has 0 aliphatic carbocycles. The van der Waals surface area contributed by atoms with Crippen LogP contribution in [-0.2, 0) is 6.54 Å². The minimum Gasteiger partial charge on any atom is -0.272 e. The summed E-state index contributed by atoms with van der Waals surface area (Å²) in [6.45, 7) is 4.99. The van der Waals surface area contributed by atoms with Gasteiger partial charge in [0.15, 0.2) is 0 Å². The van der Waals surface area contributed by atoms with Gasteiger partial charge in [-0.05, 0) is 31.5 Å². The minimum absolute atomic E-state index is 0.761. The van der Waals surface area contributed by atoms with Gasteiger partial charge in [-0.2, -0.15) is 5.10 Å². The number of aryl methyl sites for hydroxylation is 2. The topological polar surface area (TPSA) is 17.8 Å². The highest BCUT2D eigenvalue weighted by Gasteiger charge is 2.08. The fourth-order valence-corrected chi connectivity index (χ4v) is 1.95. The van der Waals surface area contributed by atoms with Crippen molar-refractivity contribution in [1.82, 2.24) is 9.78 Å². The van der Waals surface area contributed by atoms with Crippen LogP contribution in [0, 0.1) is 6.92 Å². The highest BCUT2D eigenvalue weighted by atomic mass is 35.5. The first-order valence-electron chi connectivity index (χ1n) is 5.01. The summed E-state index contributed by atoms with van der Waals surface area (Å²) >= 11 is 6.17. The van der Waals surface area contributed by atoms with E-state index >= 15 is 0 Å². The summed E-state index contributed by atoms with van der Waals surface area (Å²) in [5.41, 5.74) is 3.13. The van der Waals surface area contributed by atoms with Gasteiger partial charge in [0.25, 0.3) is 0 Å². The lowest BCUT2D eigenvalue weighted by Gasteiger charge is -2.04.